The minimum Gasteiger partial charge on any atom is -0.452 e. The van der Waals surface area contributed by atoms with E-state index in [1.54, 1.807) is 12.1 Å². The minimum atomic E-state index is -0.679. The zero-order valence-electron chi connectivity index (χ0n) is 11.6. The van der Waals surface area contributed by atoms with Gasteiger partial charge in [0.15, 0.2) is 6.61 Å². The highest BCUT2D eigenvalue weighted by atomic mass is 35.5. The summed E-state index contributed by atoms with van der Waals surface area (Å²) in [5, 5.41) is 3.14. The first-order valence-corrected chi connectivity index (χ1v) is 6.94. The molecule has 0 unspecified atom stereocenters. The summed E-state index contributed by atoms with van der Waals surface area (Å²) in [7, 11) is 0. The number of benzene rings is 1. The summed E-state index contributed by atoms with van der Waals surface area (Å²) in [4.78, 5) is 23.5. The molecule has 0 atom stereocenters. The van der Waals surface area contributed by atoms with E-state index in [0.717, 1.165) is 6.42 Å². The molecule has 0 aliphatic heterocycles. The second kappa shape index (κ2) is 6.95. The topological polar surface area (TPSA) is 55.4 Å². The van der Waals surface area contributed by atoms with Crippen molar-refractivity contribution in [3.8, 4) is 0 Å². The van der Waals surface area contributed by atoms with Gasteiger partial charge in [-0.15, -0.1) is 0 Å². The lowest BCUT2D eigenvalue weighted by molar-refractivity contribution is -0.125. The minimum absolute atomic E-state index is 0.119. The third-order valence-electron chi connectivity index (χ3n) is 2.87. The Hall–Kier alpha value is -1.26. The van der Waals surface area contributed by atoms with Crippen LogP contribution in [0.4, 0.5) is 0 Å². The Morgan fingerprint density at radius 2 is 1.95 bits per heavy atom. The smallest absolute Gasteiger partial charge is 0.340 e. The molecule has 1 aromatic carbocycles. The van der Waals surface area contributed by atoms with Crippen LogP contribution in [-0.4, -0.2) is 24.0 Å². The summed E-state index contributed by atoms with van der Waals surface area (Å²) in [6, 6.07) is 4.65. The Bertz CT molecular complexity index is 515. The molecule has 0 aliphatic rings. The van der Waals surface area contributed by atoms with E-state index in [9.17, 15) is 9.59 Å². The van der Waals surface area contributed by atoms with Crippen LogP contribution in [0.2, 0.25) is 10.0 Å². The van der Waals surface area contributed by atoms with Gasteiger partial charge in [-0.2, -0.15) is 0 Å². The van der Waals surface area contributed by atoms with Crippen molar-refractivity contribution in [1.82, 2.24) is 5.32 Å². The van der Waals surface area contributed by atoms with Gasteiger partial charge in [-0.1, -0.05) is 36.2 Å². The SMILES string of the molecule is CCC(C)(C)NC(=O)COC(=O)c1cccc(Cl)c1Cl. The highest BCUT2D eigenvalue weighted by Gasteiger charge is 2.20. The van der Waals surface area contributed by atoms with Gasteiger partial charge < -0.3 is 10.1 Å². The highest BCUT2D eigenvalue weighted by Crippen LogP contribution is 2.25. The van der Waals surface area contributed by atoms with Crippen molar-refractivity contribution in [2.24, 2.45) is 0 Å². The number of ether oxygens (including phenoxy) is 1. The maximum atomic E-state index is 11.8. The normalized spacial score (nSPS) is 11.1. The molecule has 0 fully saturated rings. The molecule has 1 rings (SSSR count). The molecule has 20 heavy (non-hydrogen) atoms. The van der Waals surface area contributed by atoms with Crippen LogP contribution >= 0.6 is 23.2 Å². The molecule has 0 saturated carbocycles. The first-order valence-electron chi connectivity index (χ1n) is 6.19. The van der Waals surface area contributed by atoms with E-state index >= 15 is 0 Å². The largest absolute Gasteiger partial charge is 0.452 e. The molecule has 0 radical (unpaired) electrons. The number of amides is 1. The molecule has 110 valence electrons. The van der Waals surface area contributed by atoms with Crippen LogP contribution in [0.15, 0.2) is 18.2 Å². The Morgan fingerprint density at radius 1 is 1.30 bits per heavy atom. The molecule has 1 aromatic rings. The lowest BCUT2D eigenvalue weighted by Crippen LogP contribution is -2.44. The fraction of sp³-hybridized carbons (Fsp3) is 0.429. The lowest BCUT2D eigenvalue weighted by atomic mass is 10.0. The Kier molecular flexibility index (Phi) is 5.84. The van der Waals surface area contributed by atoms with Crippen LogP contribution in [0, 0.1) is 0 Å². The highest BCUT2D eigenvalue weighted by molar-refractivity contribution is 6.43. The maximum Gasteiger partial charge on any atom is 0.340 e. The van der Waals surface area contributed by atoms with Crippen molar-refractivity contribution in [1.29, 1.82) is 0 Å². The molecule has 0 spiro atoms. The molecular formula is C14H17Cl2NO3. The summed E-state index contributed by atoms with van der Waals surface area (Å²) in [5.74, 6) is -1.04. The molecular weight excluding hydrogens is 301 g/mol. The van der Waals surface area contributed by atoms with Crippen molar-refractivity contribution in [2.45, 2.75) is 32.7 Å². The monoisotopic (exact) mass is 317 g/mol. The van der Waals surface area contributed by atoms with E-state index in [1.165, 1.54) is 6.07 Å². The predicted octanol–water partition coefficient (Wildman–Crippen LogP) is 3.46. The molecule has 0 saturated heterocycles. The van der Waals surface area contributed by atoms with Gasteiger partial charge in [0.05, 0.1) is 15.6 Å². The molecule has 0 heterocycles. The zero-order valence-corrected chi connectivity index (χ0v) is 13.1. The Labute approximate surface area is 128 Å². The Morgan fingerprint density at radius 3 is 2.55 bits per heavy atom. The van der Waals surface area contributed by atoms with E-state index in [-0.39, 0.29) is 33.7 Å². The van der Waals surface area contributed by atoms with Gasteiger partial charge in [0.25, 0.3) is 5.91 Å². The van der Waals surface area contributed by atoms with Crippen LogP contribution in [0.1, 0.15) is 37.6 Å². The number of hydrogen-bond donors (Lipinski definition) is 1. The molecule has 1 N–H and O–H groups in total. The molecule has 0 bridgehead atoms. The summed E-state index contributed by atoms with van der Waals surface area (Å²) >= 11 is 11.7. The van der Waals surface area contributed by atoms with E-state index in [1.807, 2.05) is 20.8 Å². The van der Waals surface area contributed by atoms with E-state index in [2.05, 4.69) is 5.32 Å². The molecule has 0 aliphatic carbocycles. The maximum absolute atomic E-state index is 11.8. The summed E-state index contributed by atoms with van der Waals surface area (Å²) in [5.41, 5.74) is -0.196. The average Bonchev–Trinajstić information content (AvgIpc) is 2.38. The van der Waals surface area contributed by atoms with Gasteiger partial charge in [0.1, 0.15) is 0 Å². The quantitative estimate of drug-likeness (QED) is 0.846. The number of halogens is 2. The predicted molar refractivity (Wildman–Crippen MR) is 79.3 cm³/mol. The number of esters is 1. The van der Waals surface area contributed by atoms with Crippen LogP contribution in [0.25, 0.3) is 0 Å². The van der Waals surface area contributed by atoms with Gasteiger partial charge in [-0.05, 0) is 32.4 Å². The second-order valence-electron chi connectivity index (χ2n) is 4.96. The van der Waals surface area contributed by atoms with Crippen molar-refractivity contribution in [3.63, 3.8) is 0 Å². The number of nitrogens with one attached hydrogen (secondary N) is 1. The van der Waals surface area contributed by atoms with Gasteiger partial charge in [-0.3, -0.25) is 4.79 Å². The molecule has 6 heteroatoms. The van der Waals surface area contributed by atoms with Gasteiger partial charge in [0, 0.05) is 5.54 Å². The van der Waals surface area contributed by atoms with E-state index in [0.29, 0.717) is 0 Å². The summed E-state index contributed by atoms with van der Waals surface area (Å²) in [6.45, 7) is 5.38. The molecule has 1 amide bonds. The van der Waals surface area contributed by atoms with Crippen LogP contribution in [-0.2, 0) is 9.53 Å². The van der Waals surface area contributed by atoms with E-state index < -0.39 is 5.97 Å². The standard InChI is InChI=1S/C14H17Cl2NO3/c1-4-14(2,3)17-11(18)8-20-13(19)9-6-5-7-10(15)12(9)16/h5-7H,4,8H2,1-3H3,(H,17,18). The van der Waals surface area contributed by atoms with Crippen molar-refractivity contribution < 1.29 is 14.3 Å². The fourth-order valence-corrected chi connectivity index (χ4v) is 1.75. The first-order chi connectivity index (χ1) is 9.26. The third-order valence-corrected chi connectivity index (χ3v) is 3.69. The van der Waals surface area contributed by atoms with Crippen molar-refractivity contribution >= 4 is 35.1 Å². The zero-order chi connectivity index (χ0) is 15.3. The number of carbonyl (C=O) groups is 2. The molecule has 0 aromatic heterocycles. The number of hydrogen-bond acceptors (Lipinski definition) is 3. The van der Waals surface area contributed by atoms with Crippen LogP contribution in [0.5, 0.6) is 0 Å². The van der Waals surface area contributed by atoms with Crippen molar-refractivity contribution in [2.75, 3.05) is 6.61 Å². The summed E-state index contributed by atoms with van der Waals surface area (Å²) < 4.78 is 4.92. The van der Waals surface area contributed by atoms with E-state index in [4.69, 9.17) is 27.9 Å². The number of rotatable bonds is 5. The van der Waals surface area contributed by atoms with Crippen LogP contribution in [0.3, 0.4) is 0 Å². The second-order valence-corrected chi connectivity index (χ2v) is 5.75. The number of carbonyl (C=O) groups excluding carboxylic acids is 2. The average molecular weight is 318 g/mol. The fourth-order valence-electron chi connectivity index (χ4n) is 1.37. The lowest BCUT2D eigenvalue weighted by Gasteiger charge is -2.24. The third kappa shape index (κ3) is 4.69. The Balaban J connectivity index is 2.60. The van der Waals surface area contributed by atoms with Crippen LogP contribution < -0.4 is 5.32 Å². The van der Waals surface area contributed by atoms with Gasteiger partial charge >= 0.3 is 5.97 Å². The first kappa shape index (κ1) is 16.8. The molecule has 4 nitrogen and oxygen atoms in total. The summed E-state index contributed by atoms with van der Waals surface area (Å²) in [6.07, 6.45) is 0.771. The van der Waals surface area contributed by atoms with Gasteiger partial charge in [0.2, 0.25) is 0 Å². The van der Waals surface area contributed by atoms with Crippen molar-refractivity contribution in [3.05, 3.63) is 33.8 Å². The van der Waals surface area contributed by atoms with Gasteiger partial charge in [-0.25, -0.2) is 4.79 Å².